The molecule has 18 heavy (non-hydrogen) atoms. The first-order chi connectivity index (χ1) is 8.58. The van der Waals surface area contributed by atoms with E-state index in [1.165, 1.54) is 0 Å². The van der Waals surface area contributed by atoms with Gasteiger partial charge in [-0.3, -0.25) is 0 Å². The maximum Gasteiger partial charge on any atom is 0.141 e. The van der Waals surface area contributed by atoms with Crippen LogP contribution in [0.3, 0.4) is 0 Å². The molecule has 2 aromatic carbocycles. The summed E-state index contributed by atoms with van der Waals surface area (Å²) in [5.41, 5.74) is 8.04. The van der Waals surface area contributed by atoms with Gasteiger partial charge in [0, 0.05) is 6.04 Å². The van der Waals surface area contributed by atoms with Gasteiger partial charge in [0.2, 0.25) is 0 Å². The molecule has 2 rings (SSSR count). The third-order valence-electron chi connectivity index (χ3n) is 2.80. The molecule has 0 saturated heterocycles. The summed E-state index contributed by atoms with van der Waals surface area (Å²) in [5.74, 6) is 1.67. The number of rotatable bonds is 3. The molecule has 2 aromatic rings. The molecule has 0 aromatic heterocycles. The van der Waals surface area contributed by atoms with Crippen molar-refractivity contribution in [1.29, 1.82) is 0 Å². The SMILES string of the molecule is Cc1ccccc1Oc1ccc(C(C)N)cc1Br. The maximum absolute atomic E-state index is 5.89. The fourth-order valence-electron chi connectivity index (χ4n) is 1.67. The van der Waals surface area contributed by atoms with Crippen LogP contribution in [0.25, 0.3) is 0 Å². The number of hydrogen-bond donors (Lipinski definition) is 1. The average Bonchev–Trinajstić information content (AvgIpc) is 2.34. The van der Waals surface area contributed by atoms with E-state index in [9.17, 15) is 0 Å². The fourth-order valence-corrected chi connectivity index (χ4v) is 2.15. The summed E-state index contributed by atoms with van der Waals surface area (Å²) in [7, 11) is 0. The zero-order chi connectivity index (χ0) is 13.1. The van der Waals surface area contributed by atoms with Gasteiger partial charge in [-0.1, -0.05) is 24.3 Å². The van der Waals surface area contributed by atoms with E-state index in [1.54, 1.807) is 0 Å². The van der Waals surface area contributed by atoms with Crippen LogP contribution in [0.5, 0.6) is 11.5 Å². The van der Waals surface area contributed by atoms with E-state index in [4.69, 9.17) is 10.5 Å². The Morgan fingerprint density at radius 3 is 2.44 bits per heavy atom. The van der Waals surface area contributed by atoms with Crippen molar-refractivity contribution in [3.8, 4) is 11.5 Å². The predicted octanol–water partition coefficient (Wildman–Crippen LogP) is 4.57. The molecule has 3 heteroatoms. The van der Waals surface area contributed by atoms with E-state index in [0.29, 0.717) is 0 Å². The third kappa shape index (κ3) is 2.92. The summed E-state index contributed by atoms with van der Waals surface area (Å²) in [6.45, 7) is 3.99. The number of para-hydroxylation sites is 1. The van der Waals surface area contributed by atoms with Crippen LogP contribution in [0.1, 0.15) is 24.1 Å². The number of hydrogen-bond acceptors (Lipinski definition) is 2. The van der Waals surface area contributed by atoms with Gasteiger partial charge >= 0.3 is 0 Å². The van der Waals surface area contributed by atoms with E-state index in [1.807, 2.05) is 56.3 Å². The number of halogens is 1. The Kier molecular flexibility index (Phi) is 4.04. The largest absolute Gasteiger partial charge is 0.456 e. The van der Waals surface area contributed by atoms with Crippen molar-refractivity contribution in [2.45, 2.75) is 19.9 Å². The molecule has 0 heterocycles. The molecule has 2 N–H and O–H groups in total. The van der Waals surface area contributed by atoms with Crippen LogP contribution in [-0.4, -0.2) is 0 Å². The molecule has 2 nitrogen and oxygen atoms in total. The molecule has 0 aliphatic rings. The summed E-state index contributed by atoms with van der Waals surface area (Å²) in [5, 5.41) is 0. The van der Waals surface area contributed by atoms with Crippen LogP contribution >= 0.6 is 15.9 Å². The lowest BCUT2D eigenvalue weighted by Crippen LogP contribution is -2.04. The van der Waals surface area contributed by atoms with Gasteiger partial charge in [-0.15, -0.1) is 0 Å². The standard InChI is InChI=1S/C15H16BrNO/c1-10-5-3-4-6-14(10)18-15-8-7-12(11(2)17)9-13(15)16/h3-9,11H,17H2,1-2H3. The van der Waals surface area contributed by atoms with Crippen molar-refractivity contribution in [3.63, 3.8) is 0 Å². The highest BCUT2D eigenvalue weighted by molar-refractivity contribution is 9.10. The zero-order valence-corrected chi connectivity index (χ0v) is 12.1. The Hall–Kier alpha value is -1.32. The van der Waals surface area contributed by atoms with Gasteiger partial charge in [-0.05, 0) is 59.1 Å². The summed E-state index contributed by atoms with van der Waals surface area (Å²) in [4.78, 5) is 0. The Morgan fingerprint density at radius 1 is 1.11 bits per heavy atom. The van der Waals surface area contributed by atoms with Gasteiger partial charge in [0.1, 0.15) is 11.5 Å². The van der Waals surface area contributed by atoms with Crippen molar-refractivity contribution >= 4 is 15.9 Å². The molecule has 1 unspecified atom stereocenters. The molecule has 0 fully saturated rings. The molecule has 0 bridgehead atoms. The average molecular weight is 306 g/mol. The van der Waals surface area contributed by atoms with E-state index in [2.05, 4.69) is 15.9 Å². The van der Waals surface area contributed by atoms with Gasteiger partial charge in [0.05, 0.1) is 4.47 Å². The lowest BCUT2D eigenvalue weighted by atomic mass is 10.1. The van der Waals surface area contributed by atoms with E-state index in [-0.39, 0.29) is 6.04 Å². The molecule has 0 aliphatic carbocycles. The van der Waals surface area contributed by atoms with E-state index < -0.39 is 0 Å². The third-order valence-corrected chi connectivity index (χ3v) is 3.41. The first kappa shape index (κ1) is 13.1. The van der Waals surface area contributed by atoms with Crippen molar-refractivity contribution in [2.75, 3.05) is 0 Å². The quantitative estimate of drug-likeness (QED) is 0.901. The molecule has 1 atom stereocenters. The maximum atomic E-state index is 5.89. The summed E-state index contributed by atoms with van der Waals surface area (Å²) in [6, 6.07) is 13.9. The van der Waals surface area contributed by atoms with Crippen molar-refractivity contribution in [3.05, 3.63) is 58.1 Å². The molecule has 0 amide bonds. The number of nitrogens with two attached hydrogens (primary N) is 1. The predicted molar refractivity (Wildman–Crippen MR) is 78.0 cm³/mol. The van der Waals surface area contributed by atoms with Gasteiger partial charge in [0.25, 0.3) is 0 Å². The van der Waals surface area contributed by atoms with E-state index in [0.717, 1.165) is 27.1 Å². The Labute approximate surface area is 116 Å². The molecule has 0 radical (unpaired) electrons. The van der Waals surface area contributed by atoms with Crippen LogP contribution in [0, 0.1) is 6.92 Å². The number of aryl methyl sites for hydroxylation is 1. The molecular formula is C15H16BrNO. The molecule has 0 aliphatic heterocycles. The Balaban J connectivity index is 2.28. The van der Waals surface area contributed by atoms with Gasteiger partial charge in [0.15, 0.2) is 0 Å². The summed E-state index contributed by atoms with van der Waals surface area (Å²) < 4.78 is 6.80. The molecule has 0 spiro atoms. The minimum absolute atomic E-state index is 0.0220. The highest BCUT2D eigenvalue weighted by atomic mass is 79.9. The number of ether oxygens (including phenoxy) is 1. The zero-order valence-electron chi connectivity index (χ0n) is 10.5. The second kappa shape index (κ2) is 5.55. The second-order valence-corrected chi connectivity index (χ2v) is 5.20. The minimum Gasteiger partial charge on any atom is -0.456 e. The first-order valence-corrected chi connectivity index (χ1v) is 6.65. The molecule has 0 saturated carbocycles. The lowest BCUT2D eigenvalue weighted by Gasteiger charge is -2.12. The normalized spacial score (nSPS) is 12.2. The Morgan fingerprint density at radius 2 is 1.83 bits per heavy atom. The van der Waals surface area contributed by atoms with Crippen LogP contribution in [0.4, 0.5) is 0 Å². The van der Waals surface area contributed by atoms with Crippen LogP contribution in [0.15, 0.2) is 46.9 Å². The van der Waals surface area contributed by atoms with E-state index >= 15 is 0 Å². The van der Waals surface area contributed by atoms with Crippen molar-refractivity contribution in [1.82, 2.24) is 0 Å². The Bertz CT molecular complexity index is 552. The number of benzene rings is 2. The highest BCUT2D eigenvalue weighted by Crippen LogP contribution is 2.32. The minimum atomic E-state index is 0.0220. The topological polar surface area (TPSA) is 35.2 Å². The smallest absolute Gasteiger partial charge is 0.141 e. The fraction of sp³-hybridized carbons (Fsp3) is 0.200. The van der Waals surface area contributed by atoms with Crippen LogP contribution in [0.2, 0.25) is 0 Å². The van der Waals surface area contributed by atoms with Gasteiger partial charge in [-0.25, -0.2) is 0 Å². The van der Waals surface area contributed by atoms with Crippen molar-refractivity contribution < 1.29 is 4.74 Å². The monoisotopic (exact) mass is 305 g/mol. The lowest BCUT2D eigenvalue weighted by molar-refractivity contribution is 0.475. The first-order valence-electron chi connectivity index (χ1n) is 5.86. The van der Waals surface area contributed by atoms with Gasteiger partial charge in [-0.2, -0.15) is 0 Å². The van der Waals surface area contributed by atoms with Crippen LogP contribution in [-0.2, 0) is 0 Å². The van der Waals surface area contributed by atoms with Gasteiger partial charge < -0.3 is 10.5 Å². The van der Waals surface area contributed by atoms with Crippen molar-refractivity contribution in [2.24, 2.45) is 5.73 Å². The second-order valence-electron chi connectivity index (χ2n) is 4.35. The highest BCUT2D eigenvalue weighted by Gasteiger charge is 2.07. The van der Waals surface area contributed by atoms with Crippen LogP contribution < -0.4 is 10.5 Å². The molecule has 94 valence electrons. The summed E-state index contributed by atoms with van der Waals surface area (Å²) >= 11 is 3.52. The summed E-state index contributed by atoms with van der Waals surface area (Å²) in [6.07, 6.45) is 0. The molecular weight excluding hydrogens is 290 g/mol.